The van der Waals surface area contributed by atoms with Crippen molar-refractivity contribution < 1.29 is 52.5 Å². The maximum absolute atomic E-state index is 14.5. The largest absolute Gasteiger partial charge is 0.489 e. The molecule has 0 radical (unpaired) electrons. The molecule has 0 unspecified atom stereocenters. The molecule has 15 nitrogen and oxygen atoms in total. The molecule has 1 aromatic rings. The van der Waals surface area contributed by atoms with E-state index < -0.39 is 29.7 Å². The molecule has 0 aromatic heterocycles. The topological polar surface area (TPSA) is 196 Å². The minimum absolute atomic E-state index is 0.0235. The van der Waals surface area contributed by atoms with Crippen molar-refractivity contribution in [1.82, 2.24) is 20.9 Å². The second-order valence-corrected chi connectivity index (χ2v) is 20.7. The van der Waals surface area contributed by atoms with Gasteiger partial charge in [-0.2, -0.15) is 0 Å². The van der Waals surface area contributed by atoms with Gasteiger partial charge in [0.1, 0.15) is 17.7 Å². The molecule has 1 aliphatic carbocycles. The Morgan fingerprint density at radius 3 is 2.01 bits per heavy atom. The van der Waals surface area contributed by atoms with Crippen LogP contribution >= 0.6 is 0 Å². The number of Topliss-reactive ketones (excluding diaryl/α,β-unsaturated/α-hetero) is 2. The third kappa shape index (κ3) is 21.4. The van der Waals surface area contributed by atoms with E-state index >= 15 is 0 Å². The monoisotopic (exact) mass is 991 g/mol. The summed E-state index contributed by atoms with van der Waals surface area (Å²) in [6.07, 6.45) is 16.1. The lowest BCUT2D eigenvalue weighted by Crippen LogP contribution is -2.54. The Hall–Kier alpha value is -5.47. The fourth-order valence-corrected chi connectivity index (χ4v) is 8.97. The number of unbranched alkanes of at least 4 members (excludes halogenated alkanes) is 9. The molecular formula is C56H86N4O11. The molecule has 0 bridgehead atoms. The number of alkyl carbamates (subject to hydrolysis) is 1. The molecule has 0 spiro atoms. The first kappa shape index (κ1) is 59.8. The van der Waals surface area contributed by atoms with E-state index in [1.54, 1.807) is 11.8 Å². The predicted octanol–water partition coefficient (Wildman–Crippen LogP) is 9.32. The zero-order valence-corrected chi connectivity index (χ0v) is 44.6. The van der Waals surface area contributed by atoms with Crippen LogP contribution in [0.1, 0.15) is 170 Å². The van der Waals surface area contributed by atoms with Crippen LogP contribution in [-0.2, 0) is 54.1 Å². The highest BCUT2D eigenvalue weighted by Gasteiger charge is 2.38. The van der Waals surface area contributed by atoms with Crippen LogP contribution in [0, 0.1) is 11.8 Å². The first-order valence-corrected chi connectivity index (χ1v) is 26.2. The summed E-state index contributed by atoms with van der Waals surface area (Å²) in [4.78, 5) is 94.3. The van der Waals surface area contributed by atoms with Gasteiger partial charge < -0.3 is 39.8 Å². The highest BCUT2D eigenvalue weighted by molar-refractivity contribution is 6.23. The number of amides is 4. The number of ether oxygens (including phenoxy) is 4. The summed E-state index contributed by atoms with van der Waals surface area (Å²) >= 11 is 0. The molecule has 3 N–H and O–H groups in total. The van der Waals surface area contributed by atoms with Crippen molar-refractivity contribution in [2.75, 3.05) is 27.4 Å². The van der Waals surface area contributed by atoms with Crippen LogP contribution in [-0.4, -0.2) is 103 Å². The third-order valence-electron chi connectivity index (χ3n) is 12.6. The van der Waals surface area contributed by atoms with Crippen LogP contribution in [0.15, 0.2) is 65.1 Å². The summed E-state index contributed by atoms with van der Waals surface area (Å²) in [7, 11) is 2.73. The molecule has 71 heavy (non-hydrogen) atoms. The van der Waals surface area contributed by atoms with E-state index in [-0.39, 0.29) is 71.2 Å². The van der Waals surface area contributed by atoms with Crippen LogP contribution in [0.25, 0.3) is 0 Å². The van der Waals surface area contributed by atoms with Gasteiger partial charge in [-0.15, -0.1) is 0 Å². The van der Waals surface area contributed by atoms with Crippen molar-refractivity contribution in [1.29, 1.82) is 0 Å². The molecule has 4 amide bonds. The SMILES string of the molecule is COC1=C(OC)C(=O)C(CCCCCCCCCCOC(=O)CCCCC[C@H](NC(=O)[C@@H]2CCCN2C(=O)[C@H](/C=C/[C@H](CC(C)C)NC(=O)OC(C)(C)C)Cc2ccccc2)C(=O)NC(C)C)=C(C)C1=O. The fraction of sp³-hybridized carbons (Fsp3) is 0.661. The van der Waals surface area contributed by atoms with Crippen molar-refractivity contribution >= 4 is 41.4 Å². The molecule has 1 saturated heterocycles. The van der Waals surface area contributed by atoms with Gasteiger partial charge in [0.15, 0.2) is 0 Å². The molecule has 4 atom stereocenters. The lowest BCUT2D eigenvalue weighted by molar-refractivity contribution is -0.144. The third-order valence-corrected chi connectivity index (χ3v) is 12.6. The number of hydrogen-bond donors (Lipinski definition) is 3. The molecule has 2 aliphatic rings. The lowest BCUT2D eigenvalue weighted by atomic mass is 9.89. The van der Waals surface area contributed by atoms with Gasteiger partial charge in [0.25, 0.3) is 0 Å². The zero-order chi connectivity index (χ0) is 52.5. The second-order valence-electron chi connectivity index (χ2n) is 20.7. The number of nitrogens with one attached hydrogen (secondary N) is 3. The predicted molar refractivity (Wildman–Crippen MR) is 275 cm³/mol. The number of methoxy groups -OCH3 is 2. The van der Waals surface area contributed by atoms with Crippen LogP contribution in [0.4, 0.5) is 4.79 Å². The normalized spacial score (nSPS) is 16.6. The first-order chi connectivity index (χ1) is 33.8. The van der Waals surface area contributed by atoms with Crippen molar-refractivity contribution in [3.63, 3.8) is 0 Å². The minimum atomic E-state index is -0.807. The molecule has 15 heteroatoms. The zero-order valence-electron chi connectivity index (χ0n) is 44.6. The molecule has 1 fully saturated rings. The summed E-state index contributed by atoms with van der Waals surface area (Å²) in [6.45, 7) is 15.7. The number of rotatable bonds is 31. The van der Waals surface area contributed by atoms with Crippen molar-refractivity contribution in [2.24, 2.45) is 11.8 Å². The molecule has 1 aromatic carbocycles. The first-order valence-electron chi connectivity index (χ1n) is 26.2. The number of allylic oxidation sites excluding steroid dienone is 2. The number of hydrogen-bond acceptors (Lipinski definition) is 11. The summed E-state index contributed by atoms with van der Waals surface area (Å²) in [6, 6.07) is 7.64. The van der Waals surface area contributed by atoms with E-state index in [0.717, 1.165) is 56.9 Å². The quantitative estimate of drug-likeness (QED) is 0.0278. The highest BCUT2D eigenvalue weighted by atomic mass is 16.6. The highest BCUT2D eigenvalue weighted by Crippen LogP contribution is 2.29. The van der Waals surface area contributed by atoms with Crippen LogP contribution in [0.5, 0.6) is 0 Å². The standard InChI is InChI=1S/C56H86N4O11/c1-38(2)36-43(58-55(67)71-56(6,7)8)33-32-42(37-41-26-19-17-20-27-41)54(66)60-34-25-30-46(60)53(65)59-45(52(64)57-39(3)4)29-22-18-23-31-47(61)70-35-24-16-14-12-11-13-15-21-28-44-40(5)48(62)50(68-9)51(69-10)49(44)63/h17,19-20,26-27,32-33,38-39,42-43,45-46H,11-16,18,21-25,28-31,34-37H2,1-10H3,(H,57,64)(H,58,67)(H,59,65)/b33-32+/t42-,43-,45+,46+/m1/s1. The van der Waals surface area contributed by atoms with Crippen LogP contribution < -0.4 is 16.0 Å². The molecule has 1 aliphatic heterocycles. The van der Waals surface area contributed by atoms with Crippen molar-refractivity contribution in [3.8, 4) is 0 Å². The van der Waals surface area contributed by atoms with Crippen molar-refractivity contribution in [3.05, 3.63) is 70.7 Å². The van der Waals surface area contributed by atoms with Gasteiger partial charge in [0.05, 0.1) is 32.8 Å². The number of nitrogens with zero attached hydrogens (tertiary/aromatic N) is 1. The van der Waals surface area contributed by atoms with E-state index in [9.17, 15) is 33.6 Å². The molecule has 3 rings (SSSR count). The fourth-order valence-electron chi connectivity index (χ4n) is 8.97. The van der Waals surface area contributed by atoms with E-state index in [1.165, 1.54) is 14.2 Å². The Labute approximate surface area is 424 Å². The van der Waals surface area contributed by atoms with Gasteiger partial charge in [-0.3, -0.25) is 28.8 Å². The number of esters is 1. The maximum Gasteiger partial charge on any atom is 0.408 e. The molecular weight excluding hydrogens is 905 g/mol. The van der Waals surface area contributed by atoms with Gasteiger partial charge >= 0.3 is 12.1 Å². The number of ketones is 2. The molecule has 0 saturated carbocycles. The Bertz CT molecular complexity index is 2000. The minimum Gasteiger partial charge on any atom is -0.489 e. The summed E-state index contributed by atoms with van der Waals surface area (Å²) in [5.41, 5.74) is 1.23. The number of likely N-dealkylation sites (tertiary alicyclic amines) is 1. The van der Waals surface area contributed by atoms with Crippen LogP contribution in [0.3, 0.4) is 0 Å². The Kier molecular flexibility index (Phi) is 26.2. The summed E-state index contributed by atoms with van der Waals surface area (Å²) in [5, 5.41) is 8.87. The molecule has 1 heterocycles. The Morgan fingerprint density at radius 2 is 1.39 bits per heavy atom. The number of carbonyl (C=O) groups excluding carboxylic acids is 7. The van der Waals surface area contributed by atoms with Gasteiger partial charge in [0.2, 0.25) is 40.8 Å². The van der Waals surface area contributed by atoms with Crippen LogP contribution in [0.2, 0.25) is 0 Å². The van der Waals surface area contributed by atoms with E-state index in [0.29, 0.717) is 82.1 Å². The number of benzene rings is 1. The molecule has 396 valence electrons. The second kappa shape index (κ2) is 31.1. The smallest absolute Gasteiger partial charge is 0.408 e. The van der Waals surface area contributed by atoms with E-state index in [2.05, 4.69) is 29.8 Å². The van der Waals surface area contributed by atoms with Gasteiger partial charge in [-0.25, -0.2) is 4.79 Å². The summed E-state index contributed by atoms with van der Waals surface area (Å²) < 4.78 is 21.3. The summed E-state index contributed by atoms with van der Waals surface area (Å²) in [5.74, 6) is -2.09. The Balaban J connectivity index is 1.44. The van der Waals surface area contributed by atoms with Crippen molar-refractivity contribution in [2.45, 2.75) is 201 Å². The van der Waals surface area contributed by atoms with E-state index in [4.69, 9.17) is 18.9 Å². The number of carbonyl (C=O) groups is 7. The average Bonchev–Trinajstić information content (AvgIpc) is 3.80. The van der Waals surface area contributed by atoms with Gasteiger partial charge in [-0.1, -0.05) is 108 Å². The lowest BCUT2D eigenvalue weighted by Gasteiger charge is -2.29. The van der Waals surface area contributed by atoms with E-state index in [1.807, 2.05) is 77.1 Å². The maximum atomic E-state index is 14.5. The van der Waals surface area contributed by atoms with Gasteiger partial charge in [0, 0.05) is 30.2 Å². The average molecular weight is 991 g/mol. The Morgan fingerprint density at radius 1 is 0.775 bits per heavy atom. The van der Waals surface area contributed by atoms with Gasteiger partial charge in [-0.05, 0) is 111 Å².